The third kappa shape index (κ3) is 5.75. The molecule has 0 atom stereocenters. The minimum absolute atomic E-state index is 0.702. The number of hydrogen-bond donors (Lipinski definition) is 0. The largest absolute Gasteiger partial charge is 0.417 e. The van der Waals surface area contributed by atoms with E-state index in [1.807, 2.05) is 6.92 Å². The Bertz CT molecular complexity index is 239. The van der Waals surface area contributed by atoms with Gasteiger partial charge in [-0.15, -0.1) is 0 Å². The molecule has 1 aliphatic heterocycles. The molecule has 0 aromatic heterocycles. The van der Waals surface area contributed by atoms with Gasteiger partial charge in [0.05, 0.1) is 13.2 Å². The summed E-state index contributed by atoms with van der Waals surface area (Å²) in [5.74, 6) is 0. The first-order valence-electron chi connectivity index (χ1n) is 5.22. The number of hydrogen-bond acceptors (Lipinski definition) is 3. The zero-order valence-electron chi connectivity index (χ0n) is 9.22. The van der Waals surface area contributed by atoms with Gasteiger partial charge in [-0.25, -0.2) is 0 Å². The third-order valence-corrected chi connectivity index (χ3v) is 4.09. The van der Waals surface area contributed by atoms with Crippen LogP contribution in [-0.2, 0) is 9.16 Å². The molecular formula is C9H16Cl3NO2Si. The van der Waals surface area contributed by atoms with Gasteiger partial charge < -0.3 is 14.1 Å². The van der Waals surface area contributed by atoms with Gasteiger partial charge in [-0.3, -0.25) is 0 Å². The highest BCUT2D eigenvalue weighted by molar-refractivity contribution is 6.69. The van der Waals surface area contributed by atoms with E-state index in [1.54, 1.807) is 6.08 Å². The van der Waals surface area contributed by atoms with E-state index >= 15 is 0 Å². The molecule has 0 bridgehead atoms. The molecule has 0 saturated carbocycles. The summed E-state index contributed by atoms with van der Waals surface area (Å²) in [5.41, 5.74) is 0. The van der Waals surface area contributed by atoms with Crippen molar-refractivity contribution in [3.8, 4) is 0 Å². The smallest absolute Gasteiger partial charge is 0.210 e. The van der Waals surface area contributed by atoms with Crippen molar-refractivity contribution in [3.63, 3.8) is 0 Å². The van der Waals surface area contributed by atoms with Gasteiger partial charge in [0, 0.05) is 25.0 Å². The molecule has 0 aromatic carbocycles. The Morgan fingerprint density at radius 1 is 1.44 bits per heavy atom. The maximum atomic E-state index is 5.79. The van der Waals surface area contributed by atoms with Gasteiger partial charge >= 0.3 is 0 Å². The fourth-order valence-corrected chi connectivity index (χ4v) is 3.54. The summed E-state index contributed by atoms with van der Waals surface area (Å²) in [7, 11) is -0.821. The van der Waals surface area contributed by atoms with E-state index in [4.69, 9.17) is 44.0 Å². The van der Waals surface area contributed by atoms with Gasteiger partial charge in [0.25, 0.3) is 0 Å². The molecule has 0 N–H and O–H groups in total. The van der Waals surface area contributed by atoms with Crippen molar-refractivity contribution in [2.45, 2.75) is 10.7 Å². The minimum Gasteiger partial charge on any atom is -0.417 e. The molecule has 1 heterocycles. The molecule has 7 heteroatoms. The van der Waals surface area contributed by atoms with E-state index in [0.717, 1.165) is 31.6 Å². The lowest BCUT2D eigenvalue weighted by Crippen LogP contribution is -2.38. The molecule has 1 rings (SSSR count). The van der Waals surface area contributed by atoms with E-state index in [1.165, 1.54) is 0 Å². The maximum absolute atomic E-state index is 5.79. The summed E-state index contributed by atoms with van der Waals surface area (Å²) in [6.45, 7) is 5.79. The van der Waals surface area contributed by atoms with Crippen LogP contribution in [0.5, 0.6) is 0 Å². The van der Waals surface area contributed by atoms with Crippen LogP contribution in [0.25, 0.3) is 0 Å². The molecule has 0 radical (unpaired) electrons. The normalized spacial score (nSPS) is 19.8. The average molecular weight is 305 g/mol. The van der Waals surface area contributed by atoms with Crippen LogP contribution in [-0.4, -0.2) is 51.4 Å². The highest BCUT2D eigenvalue weighted by atomic mass is 35.6. The van der Waals surface area contributed by atoms with E-state index in [0.29, 0.717) is 6.61 Å². The molecule has 0 amide bonds. The summed E-state index contributed by atoms with van der Waals surface area (Å²) in [5, 5.41) is 1.05. The molecule has 94 valence electrons. The molecular weight excluding hydrogens is 289 g/mol. The van der Waals surface area contributed by atoms with Gasteiger partial charge in [0.2, 0.25) is 13.6 Å². The predicted octanol–water partition coefficient (Wildman–Crippen LogP) is 1.65. The van der Waals surface area contributed by atoms with Gasteiger partial charge in [0.15, 0.2) is 0 Å². The highest BCUT2D eigenvalue weighted by Crippen LogP contribution is 2.29. The zero-order valence-corrected chi connectivity index (χ0v) is 12.9. The lowest BCUT2D eigenvalue weighted by atomic mass is 10.4. The summed E-state index contributed by atoms with van der Waals surface area (Å²) >= 11 is 17.4. The Kier molecular flexibility index (Phi) is 6.47. The van der Waals surface area contributed by atoms with Crippen LogP contribution < -0.4 is 0 Å². The van der Waals surface area contributed by atoms with E-state index in [-0.39, 0.29) is 0 Å². The van der Waals surface area contributed by atoms with E-state index in [2.05, 4.69) is 4.90 Å². The SMILES string of the molecule is CCO[SiH2]C(=CC(Cl)(Cl)Cl)N1CCOCC1. The Morgan fingerprint density at radius 3 is 2.56 bits per heavy atom. The number of rotatable bonds is 4. The second-order valence-corrected chi connectivity index (χ2v) is 7.20. The van der Waals surface area contributed by atoms with E-state index < -0.39 is 13.6 Å². The van der Waals surface area contributed by atoms with Crippen molar-refractivity contribution >= 4 is 44.6 Å². The second kappa shape index (κ2) is 7.09. The van der Waals surface area contributed by atoms with Crippen LogP contribution in [0, 0.1) is 0 Å². The standard InChI is InChI=1S/C9H16Cl3NO2Si/c1-2-15-16-8(7-9(10,11)12)13-3-5-14-6-4-13/h7H,2-6,16H2,1H3. The van der Waals surface area contributed by atoms with E-state index in [9.17, 15) is 0 Å². The molecule has 16 heavy (non-hydrogen) atoms. The average Bonchev–Trinajstić information content (AvgIpc) is 2.24. The fraction of sp³-hybridized carbons (Fsp3) is 0.778. The Balaban J connectivity index is 2.65. The van der Waals surface area contributed by atoms with Crippen molar-refractivity contribution in [2.24, 2.45) is 0 Å². The number of morpholine rings is 1. The molecule has 0 aliphatic carbocycles. The topological polar surface area (TPSA) is 21.7 Å². The second-order valence-electron chi connectivity index (χ2n) is 3.41. The van der Waals surface area contributed by atoms with Crippen molar-refractivity contribution in [1.29, 1.82) is 0 Å². The number of halogens is 3. The molecule has 1 aliphatic rings. The van der Waals surface area contributed by atoms with Crippen molar-refractivity contribution < 1.29 is 9.16 Å². The van der Waals surface area contributed by atoms with Crippen molar-refractivity contribution in [3.05, 3.63) is 11.4 Å². The summed E-state index contributed by atoms with van der Waals surface area (Å²) in [6, 6.07) is 0. The van der Waals surface area contributed by atoms with Gasteiger partial charge in [-0.05, 0) is 13.0 Å². The van der Waals surface area contributed by atoms with Gasteiger partial charge in [-0.2, -0.15) is 0 Å². The lowest BCUT2D eigenvalue weighted by molar-refractivity contribution is 0.0561. The zero-order chi connectivity index (χ0) is 12.0. The molecule has 0 spiro atoms. The van der Waals surface area contributed by atoms with Crippen LogP contribution in [0.1, 0.15) is 6.92 Å². The maximum Gasteiger partial charge on any atom is 0.210 e. The molecule has 1 saturated heterocycles. The van der Waals surface area contributed by atoms with Crippen LogP contribution >= 0.6 is 34.8 Å². The highest BCUT2D eigenvalue weighted by Gasteiger charge is 2.21. The summed E-state index contributed by atoms with van der Waals surface area (Å²) in [4.78, 5) is 2.19. The van der Waals surface area contributed by atoms with Gasteiger partial charge in [-0.1, -0.05) is 34.8 Å². The Labute approximate surface area is 114 Å². The number of ether oxygens (including phenoxy) is 1. The molecule has 3 nitrogen and oxygen atoms in total. The first-order chi connectivity index (χ1) is 7.53. The molecule has 1 fully saturated rings. The van der Waals surface area contributed by atoms with Crippen LogP contribution in [0.2, 0.25) is 0 Å². The van der Waals surface area contributed by atoms with Crippen LogP contribution in [0.15, 0.2) is 11.4 Å². The quantitative estimate of drug-likeness (QED) is 0.582. The Hall–Kier alpha value is 0.547. The lowest BCUT2D eigenvalue weighted by Gasteiger charge is -2.31. The third-order valence-electron chi connectivity index (χ3n) is 2.20. The van der Waals surface area contributed by atoms with Crippen molar-refractivity contribution in [1.82, 2.24) is 4.90 Å². The summed E-state index contributed by atoms with van der Waals surface area (Å²) < 4.78 is 9.45. The first-order valence-corrected chi connectivity index (χ1v) is 7.63. The van der Waals surface area contributed by atoms with Crippen molar-refractivity contribution in [2.75, 3.05) is 32.9 Å². The van der Waals surface area contributed by atoms with Gasteiger partial charge in [0.1, 0.15) is 0 Å². The monoisotopic (exact) mass is 303 g/mol. The number of alkyl halides is 3. The molecule has 0 unspecified atom stereocenters. The van der Waals surface area contributed by atoms with Crippen LogP contribution in [0.4, 0.5) is 0 Å². The Morgan fingerprint density at radius 2 is 2.06 bits per heavy atom. The first kappa shape index (κ1) is 14.6. The predicted molar refractivity (Wildman–Crippen MR) is 70.9 cm³/mol. The fourth-order valence-electron chi connectivity index (χ4n) is 1.47. The molecule has 0 aromatic rings. The summed E-state index contributed by atoms with van der Waals surface area (Å²) in [6.07, 6.45) is 1.67. The number of allylic oxidation sites excluding steroid dienone is 1. The number of nitrogens with zero attached hydrogens (tertiary/aromatic N) is 1. The minimum atomic E-state index is -1.35. The van der Waals surface area contributed by atoms with Crippen LogP contribution in [0.3, 0.4) is 0 Å².